The summed E-state index contributed by atoms with van der Waals surface area (Å²) in [6.07, 6.45) is 1.59. The summed E-state index contributed by atoms with van der Waals surface area (Å²) in [5, 5.41) is 18.2. The smallest absolute Gasteiger partial charge is 0.329 e. The van der Waals surface area contributed by atoms with E-state index >= 15 is 0 Å². The van der Waals surface area contributed by atoms with Crippen LogP contribution in [0.3, 0.4) is 0 Å². The summed E-state index contributed by atoms with van der Waals surface area (Å²) in [5.74, 6) is -1.21. The standard InChI is InChI=1S/C13H21N3O3/c1-4-13(11(17)18)6-5-7-16(13)12(19)15(3)9-10(2)8-14/h10H,4-7,9H2,1-3H3,(H,17,18). The van der Waals surface area contributed by atoms with E-state index in [-0.39, 0.29) is 11.9 Å². The zero-order valence-electron chi connectivity index (χ0n) is 11.7. The second kappa shape index (κ2) is 5.91. The lowest BCUT2D eigenvalue weighted by Crippen LogP contribution is -2.56. The molecule has 1 rings (SSSR count). The van der Waals surface area contributed by atoms with E-state index in [4.69, 9.17) is 5.26 Å². The van der Waals surface area contributed by atoms with Crippen molar-refractivity contribution in [1.82, 2.24) is 9.80 Å². The van der Waals surface area contributed by atoms with Gasteiger partial charge in [-0.3, -0.25) is 0 Å². The minimum Gasteiger partial charge on any atom is -0.479 e. The molecule has 1 aliphatic heterocycles. The normalized spacial score (nSPS) is 23.8. The Morgan fingerprint density at radius 3 is 2.68 bits per heavy atom. The van der Waals surface area contributed by atoms with Crippen molar-refractivity contribution in [3.8, 4) is 6.07 Å². The first kappa shape index (κ1) is 15.3. The predicted octanol–water partition coefficient (Wildman–Crippen LogP) is 1.53. The number of rotatable bonds is 4. The van der Waals surface area contributed by atoms with Crippen LogP contribution in [-0.2, 0) is 4.79 Å². The number of carbonyl (C=O) groups is 2. The maximum atomic E-state index is 12.4. The fourth-order valence-electron chi connectivity index (χ4n) is 2.63. The number of likely N-dealkylation sites (tertiary alicyclic amines) is 1. The maximum absolute atomic E-state index is 12.4. The lowest BCUT2D eigenvalue weighted by atomic mass is 9.93. The topological polar surface area (TPSA) is 84.6 Å². The maximum Gasteiger partial charge on any atom is 0.329 e. The van der Waals surface area contributed by atoms with Crippen molar-refractivity contribution < 1.29 is 14.7 Å². The van der Waals surface area contributed by atoms with Gasteiger partial charge in [0.05, 0.1) is 12.0 Å². The van der Waals surface area contributed by atoms with E-state index in [1.165, 1.54) is 9.80 Å². The molecule has 106 valence electrons. The molecule has 6 heteroatoms. The van der Waals surface area contributed by atoms with Crippen molar-refractivity contribution in [3.05, 3.63) is 0 Å². The lowest BCUT2D eigenvalue weighted by Gasteiger charge is -2.36. The van der Waals surface area contributed by atoms with Gasteiger partial charge < -0.3 is 14.9 Å². The van der Waals surface area contributed by atoms with Crippen molar-refractivity contribution in [1.29, 1.82) is 5.26 Å². The number of nitrogens with zero attached hydrogens (tertiary/aromatic N) is 3. The number of nitriles is 1. The molecule has 2 atom stereocenters. The molecule has 0 saturated carbocycles. The number of carboxylic acid groups (broad SMARTS) is 1. The molecule has 6 nitrogen and oxygen atoms in total. The first-order valence-corrected chi connectivity index (χ1v) is 6.54. The Kier molecular flexibility index (Phi) is 4.76. The molecule has 0 radical (unpaired) electrons. The van der Waals surface area contributed by atoms with Gasteiger partial charge in [-0.2, -0.15) is 5.26 Å². The molecule has 0 aromatic carbocycles. The van der Waals surface area contributed by atoms with Crippen LogP contribution in [-0.4, -0.2) is 52.6 Å². The highest BCUT2D eigenvalue weighted by molar-refractivity contribution is 5.87. The number of amides is 2. The summed E-state index contributed by atoms with van der Waals surface area (Å²) >= 11 is 0. The van der Waals surface area contributed by atoms with Crippen molar-refractivity contribution in [2.45, 2.75) is 38.6 Å². The van der Waals surface area contributed by atoms with E-state index < -0.39 is 11.5 Å². The molecule has 0 aromatic heterocycles. The Labute approximate surface area is 113 Å². The zero-order valence-corrected chi connectivity index (χ0v) is 11.7. The van der Waals surface area contributed by atoms with Crippen LogP contribution in [0.5, 0.6) is 0 Å². The van der Waals surface area contributed by atoms with Gasteiger partial charge in [0.15, 0.2) is 0 Å². The number of urea groups is 1. The molecule has 19 heavy (non-hydrogen) atoms. The molecular weight excluding hydrogens is 246 g/mol. The molecule has 0 bridgehead atoms. The van der Waals surface area contributed by atoms with Gasteiger partial charge in [-0.1, -0.05) is 6.92 Å². The molecule has 0 aromatic rings. The molecular formula is C13H21N3O3. The van der Waals surface area contributed by atoms with Crippen LogP contribution in [0.2, 0.25) is 0 Å². The number of aliphatic carboxylic acids is 1. The van der Waals surface area contributed by atoms with Crippen LogP contribution in [0, 0.1) is 17.2 Å². The Balaban J connectivity index is 2.86. The number of carbonyl (C=O) groups excluding carboxylic acids is 1. The third kappa shape index (κ3) is 2.80. The SMILES string of the molecule is CCC1(C(=O)O)CCCN1C(=O)N(C)CC(C)C#N. The summed E-state index contributed by atoms with van der Waals surface area (Å²) in [5.41, 5.74) is -1.08. The first-order chi connectivity index (χ1) is 8.89. The summed E-state index contributed by atoms with van der Waals surface area (Å²) in [6.45, 7) is 4.30. The van der Waals surface area contributed by atoms with Crippen LogP contribution in [0.25, 0.3) is 0 Å². The Morgan fingerprint density at radius 1 is 1.58 bits per heavy atom. The molecule has 1 fully saturated rings. The minimum atomic E-state index is -1.08. The largest absolute Gasteiger partial charge is 0.479 e. The average molecular weight is 267 g/mol. The van der Waals surface area contributed by atoms with E-state index in [2.05, 4.69) is 6.07 Å². The summed E-state index contributed by atoms with van der Waals surface area (Å²) in [7, 11) is 1.61. The number of hydrogen-bond donors (Lipinski definition) is 1. The Hall–Kier alpha value is -1.77. The van der Waals surface area contributed by atoms with Gasteiger partial charge in [0.1, 0.15) is 5.54 Å². The molecule has 2 amide bonds. The number of hydrogen-bond acceptors (Lipinski definition) is 3. The Bertz CT molecular complexity index is 404. The van der Waals surface area contributed by atoms with Crippen molar-refractivity contribution >= 4 is 12.0 Å². The minimum absolute atomic E-state index is 0.266. The van der Waals surface area contributed by atoms with Crippen LogP contribution < -0.4 is 0 Å². The summed E-state index contributed by atoms with van der Waals surface area (Å²) < 4.78 is 0. The van der Waals surface area contributed by atoms with Gasteiger partial charge in [0.2, 0.25) is 0 Å². The molecule has 1 N–H and O–H groups in total. The number of carboxylic acids is 1. The van der Waals surface area contributed by atoms with Crippen LogP contribution >= 0.6 is 0 Å². The van der Waals surface area contributed by atoms with E-state index in [9.17, 15) is 14.7 Å². The summed E-state index contributed by atoms with van der Waals surface area (Å²) in [4.78, 5) is 26.7. The Morgan fingerprint density at radius 2 is 2.21 bits per heavy atom. The molecule has 0 aliphatic carbocycles. The van der Waals surface area contributed by atoms with Crippen molar-refractivity contribution in [2.24, 2.45) is 5.92 Å². The second-order valence-electron chi connectivity index (χ2n) is 5.14. The predicted molar refractivity (Wildman–Crippen MR) is 69.4 cm³/mol. The van der Waals surface area contributed by atoms with E-state index in [1.807, 2.05) is 0 Å². The monoisotopic (exact) mass is 267 g/mol. The molecule has 0 spiro atoms. The lowest BCUT2D eigenvalue weighted by molar-refractivity contribution is -0.148. The molecule has 1 saturated heterocycles. The highest BCUT2D eigenvalue weighted by atomic mass is 16.4. The summed E-state index contributed by atoms with van der Waals surface area (Å²) in [6, 6.07) is 1.77. The van der Waals surface area contributed by atoms with Crippen LogP contribution in [0.1, 0.15) is 33.1 Å². The highest BCUT2D eigenvalue weighted by Crippen LogP contribution is 2.33. The highest BCUT2D eigenvalue weighted by Gasteiger charge is 2.49. The van der Waals surface area contributed by atoms with E-state index in [0.29, 0.717) is 32.4 Å². The van der Waals surface area contributed by atoms with Gasteiger partial charge >= 0.3 is 12.0 Å². The van der Waals surface area contributed by atoms with Crippen LogP contribution in [0.4, 0.5) is 4.79 Å². The fourth-order valence-corrected chi connectivity index (χ4v) is 2.63. The molecule has 2 unspecified atom stereocenters. The van der Waals surface area contributed by atoms with Gasteiger partial charge in [0.25, 0.3) is 0 Å². The van der Waals surface area contributed by atoms with Gasteiger partial charge in [-0.05, 0) is 26.2 Å². The van der Waals surface area contributed by atoms with E-state index in [1.54, 1.807) is 20.9 Å². The van der Waals surface area contributed by atoms with Crippen molar-refractivity contribution in [2.75, 3.05) is 20.1 Å². The van der Waals surface area contributed by atoms with Gasteiger partial charge in [0, 0.05) is 20.1 Å². The third-order valence-electron chi connectivity index (χ3n) is 3.80. The molecule has 1 heterocycles. The molecule has 1 aliphatic rings. The van der Waals surface area contributed by atoms with Gasteiger partial charge in [-0.25, -0.2) is 9.59 Å². The van der Waals surface area contributed by atoms with Crippen molar-refractivity contribution in [3.63, 3.8) is 0 Å². The van der Waals surface area contributed by atoms with Gasteiger partial charge in [-0.15, -0.1) is 0 Å². The second-order valence-corrected chi connectivity index (χ2v) is 5.14. The average Bonchev–Trinajstić information content (AvgIpc) is 2.82. The quantitative estimate of drug-likeness (QED) is 0.837. The zero-order chi connectivity index (χ0) is 14.6. The third-order valence-corrected chi connectivity index (χ3v) is 3.80. The van der Waals surface area contributed by atoms with Crippen LogP contribution in [0.15, 0.2) is 0 Å². The fraction of sp³-hybridized carbons (Fsp3) is 0.769. The first-order valence-electron chi connectivity index (χ1n) is 6.54. The van der Waals surface area contributed by atoms with E-state index in [0.717, 1.165) is 0 Å².